The zero-order valence-corrected chi connectivity index (χ0v) is 15.0. The number of hydrogen-bond acceptors (Lipinski definition) is 8. The second-order valence-corrected chi connectivity index (χ2v) is 7.43. The van der Waals surface area contributed by atoms with Crippen LogP contribution in [0, 0.1) is 0 Å². The SMILES string of the molecule is O=C1COc2ccc(C(=O)CSc3nnnn3Cc3cccs3)cc2N1. The van der Waals surface area contributed by atoms with E-state index in [4.69, 9.17) is 4.74 Å². The summed E-state index contributed by atoms with van der Waals surface area (Å²) in [5.41, 5.74) is 1.01. The Morgan fingerprint density at radius 2 is 2.31 bits per heavy atom. The van der Waals surface area contributed by atoms with E-state index in [0.717, 1.165) is 4.88 Å². The summed E-state index contributed by atoms with van der Waals surface area (Å²) in [6.07, 6.45) is 0. The van der Waals surface area contributed by atoms with Gasteiger partial charge in [-0.1, -0.05) is 17.8 Å². The molecule has 0 bridgehead atoms. The van der Waals surface area contributed by atoms with Gasteiger partial charge in [0.1, 0.15) is 5.75 Å². The van der Waals surface area contributed by atoms with E-state index in [1.165, 1.54) is 11.8 Å². The van der Waals surface area contributed by atoms with Crippen LogP contribution in [0.25, 0.3) is 0 Å². The van der Waals surface area contributed by atoms with Crippen molar-refractivity contribution in [1.82, 2.24) is 20.2 Å². The molecule has 1 N–H and O–H groups in total. The molecule has 4 rings (SSSR count). The lowest BCUT2D eigenvalue weighted by atomic mass is 10.1. The largest absolute Gasteiger partial charge is 0.482 e. The van der Waals surface area contributed by atoms with E-state index in [9.17, 15) is 9.59 Å². The Kier molecular flexibility index (Phi) is 4.67. The molecule has 0 spiro atoms. The van der Waals surface area contributed by atoms with Crippen molar-refractivity contribution in [3.05, 3.63) is 46.2 Å². The molecule has 1 amide bonds. The number of carbonyl (C=O) groups is 2. The maximum absolute atomic E-state index is 12.5. The highest BCUT2D eigenvalue weighted by Crippen LogP contribution is 2.29. The molecule has 8 nitrogen and oxygen atoms in total. The van der Waals surface area contributed by atoms with Crippen LogP contribution in [0.2, 0.25) is 0 Å². The fourth-order valence-electron chi connectivity index (χ4n) is 2.42. The van der Waals surface area contributed by atoms with Crippen molar-refractivity contribution in [2.75, 3.05) is 17.7 Å². The van der Waals surface area contributed by atoms with Gasteiger partial charge < -0.3 is 10.1 Å². The van der Waals surface area contributed by atoms with Gasteiger partial charge in [0.25, 0.3) is 5.91 Å². The van der Waals surface area contributed by atoms with Gasteiger partial charge in [-0.25, -0.2) is 4.68 Å². The summed E-state index contributed by atoms with van der Waals surface area (Å²) in [7, 11) is 0. The fraction of sp³-hybridized carbons (Fsp3) is 0.188. The zero-order chi connectivity index (χ0) is 17.9. The van der Waals surface area contributed by atoms with Crippen LogP contribution in [-0.2, 0) is 11.3 Å². The maximum Gasteiger partial charge on any atom is 0.262 e. The number of thiophene rings is 1. The summed E-state index contributed by atoms with van der Waals surface area (Å²) in [5.74, 6) is 0.444. The highest BCUT2D eigenvalue weighted by Gasteiger charge is 2.18. The number of nitrogens with one attached hydrogen (secondary N) is 1. The molecule has 0 unspecified atom stereocenters. The standard InChI is InChI=1S/C16H13N5O3S2/c22-13(10-3-4-14-12(6-10)17-15(23)8-24-14)9-26-16-18-19-20-21(16)7-11-2-1-5-25-11/h1-6H,7-9H2,(H,17,23). The lowest BCUT2D eigenvalue weighted by Gasteiger charge is -2.18. The molecule has 10 heteroatoms. The van der Waals surface area contributed by atoms with Crippen LogP contribution in [0.15, 0.2) is 40.9 Å². The number of benzene rings is 1. The number of aromatic nitrogens is 4. The third kappa shape index (κ3) is 3.60. The average molecular weight is 387 g/mol. The van der Waals surface area contributed by atoms with Crippen LogP contribution in [0.5, 0.6) is 5.75 Å². The first-order chi connectivity index (χ1) is 12.7. The smallest absolute Gasteiger partial charge is 0.262 e. The molecule has 3 aromatic rings. The molecule has 3 heterocycles. The molecule has 0 fully saturated rings. The number of nitrogens with zero attached hydrogens (tertiary/aromatic N) is 4. The Morgan fingerprint density at radius 3 is 3.15 bits per heavy atom. The summed E-state index contributed by atoms with van der Waals surface area (Å²) in [5, 5.41) is 16.9. The van der Waals surface area contributed by atoms with Crippen molar-refractivity contribution in [3.8, 4) is 5.75 Å². The van der Waals surface area contributed by atoms with E-state index in [0.29, 0.717) is 28.7 Å². The minimum Gasteiger partial charge on any atom is -0.482 e. The number of fused-ring (bicyclic) bond motifs is 1. The molecule has 0 saturated heterocycles. The predicted molar refractivity (Wildman–Crippen MR) is 96.9 cm³/mol. The van der Waals surface area contributed by atoms with Crippen LogP contribution in [0.3, 0.4) is 0 Å². The molecule has 1 aliphatic heterocycles. The second-order valence-electron chi connectivity index (χ2n) is 5.46. The van der Waals surface area contributed by atoms with Crippen molar-refractivity contribution < 1.29 is 14.3 Å². The van der Waals surface area contributed by atoms with E-state index in [-0.39, 0.29) is 24.1 Å². The first kappa shape index (κ1) is 16.7. The summed E-state index contributed by atoms with van der Waals surface area (Å²) in [4.78, 5) is 25.0. The molecule has 1 aromatic carbocycles. The van der Waals surface area contributed by atoms with Gasteiger partial charge in [-0.15, -0.1) is 16.4 Å². The van der Waals surface area contributed by atoms with Gasteiger partial charge in [0.05, 0.1) is 18.0 Å². The van der Waals surface area contributed by atoms with Crippen LogP contribution in [-0.4, -0.2) is 44.3 Å². The molecule has 0 saturated carbocycles. The molecule has 2 aromatic heterocycles. The van der Waals surface area contributed by atoms with E-state index < -0.39 is 0 Å². The predicted octanol–water partition coefficient (Wildman–Crippen LogP) is 2.09. The lowest BCUT2D eigenvalue weighted by molar-refractivity contribution is -0.118. The van der Waals surface area contributed by atoms with Crippen LogP contribution in [0.1, 0.15) is 15.2 Å². The first-order valence-corrected chi connectivity index (χ1v) is 9.57. The van der Waals surface area contributed by atoms with E-state index in [1.807, 2.05) is 17.5 Å². The van der Waals surface area contributed by atoms with E-state index in [2.05, 4.69) is 20.8 Å². The normalized spacial score (nSPS) is 13.0. The minimum absolute atomic E-state index is 0.0109. The van der Waals surface area contributed by atoms with Crippen molar-refractivity contribution in [2.45, 2.75) is 11.7 Å². The quantitative estimate of drug-likeness (QED) is 0.511. The molecule has 26 heavy (non-hydrogen) atoms. The number of thioether (sulfide) groups is 1. The van der Waals surface area contributed by atoms with Crippen molar-refractivity contribution in [1.29, 1.82) is 0 Å². The molecule has 0 atom stereocenters. The van der Waals surface area contributed by atoms with Crippen LogP contribution < -0.4 is 10.1 Å². The molecule has 1 aliphatic rings. The van der Waals surface area contributed by atoms with Gasteiger partial charge in [-0.05, 0) is 40.1 Å². The van der Waals surface area contributed by atoms with Crippen molar-refractivity contribution in [3.63, 3.8) is 0 Å². The van der Waals surface area contributed by atoms with Gasteiger partial charge in [0.15, 0.2) is 12.4 Å². The third-order valence-corrected chi connectivity index (χ3v) is 5.47. The highest BCUT2D eigenvalue weighted by atomic mass is 32.2. The number of hydrogen-bond donors (Lipinski definition) is 1. The second kappa shape index (κ2) is 7.26. The number of tetrazole rings is 1. The minimum atomic E-state index is -0.232. The Labute approximate surface area is 156 Å². The number of ether oxygens (including phenoxy) is 1. The topological polar surface area (TPSA) is 99.0 Å². The summed E-state index contributed by atoms with van der Waals surface area (Å²) in [6.45, 7) is 0.562. The molecular weight excluding hydrogens is 374 g/mol. The number of ketones is 1. The third-order valence-electron chi connectivity index (χ3n) is 3.65. The molecular formula is C16H13N5O3S2. The van der Waals surface area contributed by atoms with Crippen molar-refractivity contribution >= 4 is 40.5 Å². The number of amides is 1. The summed E-state index contributed by atoms with van der Waals surface area (Å²) >= 11 is 2.91. The van der Waals surface area contributed by atoms with Gasteiger partial charge in [0.2, 0.25) is 5.16 Å². The van der Waals surface area contributed by atoms with Gasteiger partial charge >= 0.3 is 0 Å². The Balaban J connectivity index is 1.42. The number of carbonyl (C=O) groups excluding carboxylic acids is 2. The van der Waals surface area contributed by atoms with Gasteiger partial charge in [-0.2, -0.15) is 0 Å². The van der Waals surface area contributed by atoms with Gasteiger partial charge in [0, 0.05) is 10.4 Å². The fourth-order valence-corrected chi connectivity index (χ4v) is 3.88. The monoisotopic (exact) mass is 387 g/mol. The molecule has 0 radical (unpaired) electrons. The Hall–Kier alpha value is -2.72. The van der Waals surface area contributed by atoms with Crippen LogP contribution in [0.4, 0.5) is 5.69 Å². The number of anilines is 1. The molecule has 132 valence electrons. The summed E-state index contributed by atoms with van der Waals surface area (Å²) in [6, 6.07) is 8.99. The number of Topliss-reactive ketones (excluding diaryl/α,β-unsaturated/α-hetero) is 1. The number of rotatable bonds is 6. The van der Waals surface area contributed by atoms with Crippen LogP contribution >= 0.6 is 23.1 Å². The van der Waals surface area contributed by atoms with E-state index in [1.54, 1.807) is 34.2 Å². The van der Waals surface area contributed by atoms with Crippen molar-refractivity contribution in [2.24, 2.45) is 0 Å². The summed E-state index contributed by atoms with van der Waals surface area (Å²) < 4.78 is 6.97. The van der Waals surface area contributed by atoms with Gasteiger partial charge in [-0.3, -0.25) is 9.59 Å². The lowest BCUT2D eigenvalue weighted by Crippen LogP contribution is -2.25. The Morgan fingerprint density at radius 1 is 1.38 bits per heavy atom. The molecule has 0 aliphatic carbocycles. The average Bonchev–Trinajstić information content (AvgIpc) is 3.31. The Bertz CT molecular complexity index is 955. The highest BCUT2D eigenvalue weighted by molar-refractivity contribution is 7.99. The maximum atomic E-state index is 12.5. The van der Waals surface area contributed by atoms with E-state index >= 15 is 0 Å². The zero-order valence-electron chi connectivity index (χ0n) is 13.4. The first-order valence-electron chi connectivity index (χ1n) is 7.70.